The van der Waals surface area contributed by atoms with Crippen LogP contribution in [0.5, 0.6) is 5.75 Å². The van der Waals surface area contributed by atoms with E-state index < -0.39 is 23.8 Å². The van der Waals surface area contributed by atoms with Crippen molar-refractivity contribution < 1.29 is 29.0 Å². The second-order valence-electron chi connectivity index (χ2n) is 17.9. The van der Waals surface area contributed by atoms with E-state index in [9.17, 15) is 29.0 Å². The second kappa shape index (κ2) is 15.2. The Morgan fingerprint density at radius 3 is 2.56 bits per heavy atom. The maximum absolute atomic E-state index is 14.4. The van der Waals surface area contributed by atoms with Crippen LogP contribution >= 0.6 is 0 Å². The van der Waals surface area contributed by atoms with Crippen LogP contribution in [0.1, 0.15) is 70.2 Å². The number of urea groups is 1. The molecule has 9 rings (SSSR count). The predicted octanol–water partition coefficient (Wildman–Crippen LogP) is 3.73. The third-order valence-electron chi connectivity index (χ3n) is 13.9. The molecular formula is C43H55FN10O5. The number of fused-ring (bicyclic) bond motifs is 4. The van der Waals surface area contributed by atoms with Gasteiger partial charge in [-0.2, -0.15) is 0 Å². The number of aromatic hydroxyl groups is 1. The standard InChI is InChI=1S/C43H55FN10O5/c1-4-43-24-45-38-35(21-33(47-48-38)30-6-5-7-32(44)37(30)56)53(43)19-17-51(26-43)41(59)54-18-16-49(25-42(54,2)3)22-27-12-14-50(15-13-27)29-9-8-28-23-52(40(58)31(28)20-29)34-10-11-36(55)46-39(34)57/h5-9,20-21,27,34,40,56,58H,4,10-19,22-26H2,1-3H3,(H,45,48)(H,46,55,57). The van der Waals surface area contributed by atoms with Crippen molar-refractivity contribution in [1.29, 1.82) is 0 Å². The van der Waals surface area contributed by atoms with Crippen molar-refractivity contribution in [2.24, 2.45) is 5.92 Å². The zero-order valence-corrected chi connectivity index (χ0v) is 34.2. The van der Waals surface area contributed by atoms with E-state index in [2.05, 4.69) is 79.4 Å². The van der Waals surface area contributed by atoms with Gasteiger partial charge in [0.05, 0.1) is 28.5 Å². The summed E-state index contributed by atoms with van der Waals surface area (Å²) in [5, 5.41) is 36.2. The molecule has 0 saturated carbocycles. The number of rotatable bonds is 6. The van der Waals surface area contributed by atoms with Crippen molar-refractivity contribution >= 4 is 35.0 Å². The fourth-order valence-electron chi connectivity index (χ4n) is 10.5. The Labute approximate surface area is 344 Å². The summed E-state index contributed by atoms with van der Waals surface area (Å²) in [6.07, 6.45) is 2.71. The van der Waals surface area contributed by atoms with Gasteiger partial charge in [0.1, 0.15) is 6.23 Å². The van der Waals surface area contributed by atoms with Crippen molar-refractivity contribution in [3.8, 4) is 17.0 Å². The van der Waals surface area contributed by atoms with Crippen LogP contribution in [-0.2, 0) is 16.1 Å². The summed E-state index contributed by atoms with van der Waals surface area (Å²) in [5.41, 5.74) is 3.72. The smallest absolute Gasteiger partial charge is 0.320 e. The van der Waals surface area contributed by atoms with E-state index in [0.717, 1.165) is 74.5 Å². The number of halogens is 1. The number of aromatic nitrogens is 2. The highest BCUT2D eigenvalue weighted by atomic mass is 19.1. The van der Waals surface area contributed by atoms with Gasteiger partial charge in [0.2, 0.25) is 11.8 Å². The van der Waals surface area contributed by atoms with Gasteiger partial charge >= 0.3 is 6.03 Å². The third kappa shape index (κ3) is 7.12. The van der Waals surface area contributed by atoms with Crippen LogP contribution in [0.25, 0.3) is 11.3 Å². The molecule has 0 aliphatic carbocycles. The lowest BCUT2D eigenvalue weighted by Crippen LogP contribution is -2.71. The average molecular weight is 811 g/mol. The van der Waals surface area contributed by atoms with Gasteiger partial charge in [0.15, 0.2) is 17.4 Å². The summed E-state index contributed by atoms with van der Waals surface area (Å²) in [5.74, 6) is -0.572. The number of hydrogen-bond donors (Lipinski definition) is 4. The number of aliphatic hydroxyl groups is 1. The molecule has 4 fully saturated rings. The Balaban J connectivity index is 0.791. The number of nitrogens with zero attached hydrogens (tertiary/aromatic N) is 8. The monoisotopic (exact) mass is 810 g/mol. The molecule has 314 valence electrons. The lowest BCUT2D eigenvalue weighted by Gasteiger charge is -2.56. The van der Waals surface area contributed by atoms with Crippen LogP contribution in [0.2, 0.25) is 0 Å². The van der Waals surface area contributed by atoms with Crippen molar-refractivity contribution in [1.82, 2.24) is 35.1 Å². The molecule has 3 atom stereocenters. The van der Waals surface area contributed by atoms with Crippen LogP contribution in [0, 0.1) is 11.7 Å². The molecular weight excluding hydrogens is 756 g/mol. The molecule has 0 spiro atoms. The lowest BCUT2D eigenvalue weighted by atomic mass is 9.87. The summed E-state index contributed by atoms with van der Waals surface area (Å²) >= 11 is 0. The summed E-state index contributed by atoms with van der Waals surface area (Å²) in [6, 6.07) is 12.1. The van der Waals surface area contributed by atoms with E-state index in [4.69, 9.17) is 0 Å². The fourth-order valence-corrected chi connectivity index (χ4v) is 10.5. The van der Waals surface area contributed by atoms with Gasteiger partial charge in [-0.3, -0.25) is 24.7 Å². The summed E-state index contributed by atoms with van der Waals surface area (Å²) in [6.45, 7) is 14.4. The molecule has 6 aliphatic rings. The van der Waals surface area contributed by atoms with Gasteiger partial charge in [-0.05, 0) is 81.3 Å². The predicted molar refractivity (Wildman–Crippen MR) is 220 cm³/mol. The topological polar surface area (TPSA) is 161 Å². The average Bonchev–Trinajstić information content (AvgIpc) is 3.55. The highest BCUT2D eigenvalue weighted by Crippen LogP contribution is 2.42. The van der Waals surface area contributed by atoms with Crippen LogP contribution in [0.15, 0.2) is 42.5 Å². The minimum atomic E-state index is -0.880. The molecule has 0 bridgehead atoms. The molecule has 2 aromatic carbocycles. The van der Waals surface area contributed by atoms with Crippen LogP contribution < -0.4 is 20.4 Å². The molecule has 4 saturated heterocycles. The second-order valence-corrected chi connectivity index (χ2v) is 17.9. The number of carbonyl (C=O) groups excluding carboxylic acids is 3. The molecule has 7 heterocycles. The summed E-state index contributed by atoms with van der Waals surface area (Å²) in [4.78, 5) is 51.7. The largest absolute Gasteiger partial charge is 0.504 e. The molecule has 15 nitrogen and oxygen atoms in total. The lowest BCUT2D eigenvalue weighted by molar-refractivity contribution is -0.141. The molecule has 3 unspecified atom stereocenters. The van der Waals surface area contributed by atoms with Gasteiger partial charge in [-0.1, -0.05) is 19.1 Å². The molecule has 6 aliphatic heterocycles. The van der Waals surface area contributed by atoms with Gasteiger partial charge in [0, 0.05) is 95.2 Å². The molecule has 4 amide bonds. The van der Waals surface area contributed by atoms with Crippen LogP contribution in [0.3, 0.4) is 0 Å². The number of aliphatic hydroxyl groups excluding tert-OH is 1. The number of benzene rings is 2. The van der Waals surface area contributed by atoms with E-state index in [1.807, 2.05) is 11.0 Å². The molecule has 1 aromatic heterocycles. The van der Waals surface area contributed by atoms with Crippen molar-refractivity contribution in [2.45, 2.75) is 82.8 Å². The van der Waals surface area contributed by atoms with Crippen molar-refractivity contribution in [3.05, 3.63) is 59.4 Å². The number of anilines is 3. The highest BCUT2D eigenvalue weighted by molar-refractivity contribution is 6.00. The number of hydrogen-bond acceptors (Lipinski definition) is 12. The zero-order valence-electron chi connectivity index (χ0n) is 34.2. The first-order chi connectivity index (χ1) is 28.3. The molecule has 4 N–H and O–H groups in total. The number of imide groups is 1. The molecule has 0 radical (unpaired) electrons. The number of para-hydroxylation sites is 1. The minimum absolute atomic E-state index is 0.0687. The number of phenols is 1. The summed E-state index contributed by atoms with van der Waals surface area (Å²) < 4.78 is 14.2. The Morgan fingerprint density at radius 1 is 0.983 bits per heavy atom. The Morgan fingerprint density at radius 2 is 1.80 bits per heavy atom. The molecule has 3 aromatic rings. The van der Waals surface area contributed by atoms with E-state index >= 15 is 0 Å². The van der Waals surface area contributed by atoms with E-state index in [1.54, 1.807) is 17.0 Å². The van der Waals surface area contributed by atoms with Gasteiger partial charge < -0.3 is 35.1 Å². The normalized spacial score (nSPS) is 26.3. The van der Waals surface area contributed by atoms with Crippen molar-refractivity contribution in [3.63, 3.8) is 0 Å². The Kier molecular flexibility index (Phi) is 10.2. The fraction of sp³-hybridized carbons (Fsp3) is 0.558. The zero-order chi connectivity index (χ0) is 41.2. The maximum atomic E-state index is 14.4. The minimum Gasteiger partial charge on any atom is -0.504 e. The first-order valence-corrected chi connectivity index (χ1v) is 21.2. The molecule has 16 heteroatoms. The highest BCUT2D eigenvalue weighted by Gasteiger charge is 2.48. The van der Waals surface area contributed by atoms with E-state index in [0.29, 0.717) is 63.1 Å². The number of piperidine rings is 2. The first kappa shape index (κ1) is 39.4. The van der Waals surface area contributed by atoms with Crippen LogP contribution in [-0.4, -0.2) is 140 Å². The number of phenolic OH excluding ortho intramolecular Hbond substituents is 1. The van der Waals surface area contributed by atoms with Crippen LogP contribution in [0.4, 0.5) is 26.4 Å². The maximum Gasteiger partial charge on any atom is 0.320 e. The first-order valence-electron chi connectivity index (χ1n) is 21.2. The van der Waals surface area contributed by atoms with E-state index in [1.165, 1.54) is 6.07 Å². The SMILES string of the molecule is CCC12CNc3nnc(-c4cccc(F)c4O)cc3N1CCN(C(=O)N1CCN(CC3CCN(c4ccc5c(c4)C(O)N(C4CCC(=O)NC4=O)C5)CC3)CC1(C)C)C2. The molecule has 59 heavy (non-hydrogen) atoms. The Hall–Kier alpha value is -5.06. The Bertz CT molecular complexity index is 2150. The van der Waals surface area contributed by atoms with Gasteiger partial charge in [-0.25, -0.2) is 9.18 Å². The summed E-state index contributed by atoms with van der Waals surface area (Å²) in [7, 11) is 0. The van der Waals surface area contributed by atoms with Gasteiger partial charge in [0.25, 0.3) is 0 Å². The van der Waals surface area contributed by atoms with E-state index in [-0.39, 0.29) is 40.9 Å². The van der Waals surface area contributed by atoms with Gasteiger partial charge in [-0.15, -0.1) is 10.2 Å². The number of piperazine rings is 2. The third-order valence-corrected chi connectivity index (χ3v) is 13.9. The van der Waals surface area contributed by atoms with Crippen molar-refractivity contribution in [2.75, 3.05) is 80.6 Å². The number of carbonyl (C=O) groups is 3. The number of amides is 4. The quantitative estimate of drug-likeness (QED) is 0.268. The number of nitrogens with one attached hydrogen (secondary N) is 2.